The van der Waals surface area contributed by atoms with E-state index < -0.39 is 0 Å². The molecular weight excluding hydrogens is 182 g/mol. The molecule has 1 atom stereocenters. The molecule has 0 aliphatic heterocycles. The molecule has 3 nitrogen and oxygen atoms in total. The van der Waals surface area contributed by atoms with Crippen LogP contribution in [0.5, 0.6) is 0 Å². The zero-order valence-electron chi connectivity index (χ0n) is 8.23. The summed E-state index contributed by atoms with van der Waals surface area (Å²) in [4.78, 5) is 4.24. The lowest BCUT2D eigenvalue weighted by molar-refractivity contribution is 0.721. The zero-order valence-corrected chi connectivity index (χ0v) is 9.05. The third-order valence-corrected chi connectivity index (χ3v) is 2.86. The van der Waals surface area contributed by atoms with E-state index in [9.17, 15) is 0 Å². The molecule has 0 radical (unpaired) electrons. The van der Waals surface area contributed by atoms with Gasteiger partial charge in [-0.3, -0.25) is 0 Å². The van der Waals surface area contributed by atoms with Gasteiger partial charge in [-0.2, -0.15) is 11.8 Å². The summed E-state index contributed by atoms with van der Waals surface area (Å²) in [6, 6.07) is 0.314. The number of thioether (sulfide) groups is 1. The van der Waals surface area contributed by atoms with Gasteiger partial charge in [0.25, 0.3) is 0 Å². The van der Waals surface area contributed by atoms with Crippen molar-refractivity contribution in [2.45, 2.75) is 25.1 Å². The first kappa shape index (κ1) is 10.6. The number of aryl methyl sites for hydroxylation is 1. The number of nitrogens with two attached hydrogens (primary N) is 1. The summed E-state index contributed by atoms with van der Waals surface area (Å²) in [7, 11) is 2.02. The van der Waals surface area contributed by atoms with Crippen molar-refractivity contribution in [2.75, 3.05) is 5.75 Å². The van der Waals surface area contributed by atoms with Crippen LogP contribution in [-0.4, -0.2) is 21.3 Å². The zero-order chi connectivity index (χ0) is 9.68. The van der Waals surface area contributed by atoms with Crippen molar-refractivity contribution in [2.24, 2.45) is 12.8 Å². The quantitative estimate of drug-likeness (QED) is 0.729. The Labute approximate surface area is 83.7 Å². The van der Waals surface area contributed by atoms with E-state index in [0.29, 0.717) is 6.04 Å². The maximum Gasteiger partial charge on any atom is 0.118 e. The van der Waals surface area contributed by atoms with Crippen LogP contribution < -0.4 is 5.73 Å². The average molecular weight is 199 g/mol. The van der Waals surface area contributed by atoms with Crippen LogP contribution in [0.15, 0.2) is 12.4 Å². The normalized spacial score (nSPS) is 13.2. The van der Waals surface area contributed by atoms with Crippen molar-refractivity contribution in [3.05, 3.63) is 18.2 Å². The highest BCUT2D eigenvalue weighted by Crippen LogP contribution is 2.11. The first-order valence-electron chi connectivity index (χ1n) is 4.49. The Balaban J connectivity index is 2.17. The van der Waals surface area contributed by atoms with Gasteiger partial charge in [0.15, 0.2) is 0 Å². The molecule has 1 aromatic rings. The summed E-state index contributed by atoms with van der Waals surface area (Å²) in [5.41, 5.74) is 5.65. The Morgan fingerprint density at radius 1 is 1.69 bits per heavy atom. The molecular formula is C9H17N3S. The molecule has 74 valence electrons. The van der Waals surface area contributed by atoms with Gasteiger partial charge >= 0.3 is 0 Å². The van der Waals surface area contributed by atoms with Crippen molar-refractivity contribution in [3.63, 3.8) is 0 Å². The molecule has 1 heterocycles. The van der Waals surface area contributed by atoms with E-state index >= 15 is 0 Å². The third kappa shape index (κ3) is 3.83. The molecule has 0 saturated heterocycles. The van der Waals surface area contributed by atoms with Crippen molar-refractivity contribution in [3.8, 4) is 0 Å². The molecule has 0 bridgehead atoms. The second-order valence-electron chi connectivity index (χ2n) is 3.27. The van der Waals surface area contributed by atoms with Crippen molar-refractivity contribution < 1.29 is 0 Å². The standard InChI is InChI=1S/C9H17N3S/c1-8(10)3-6-13-7-9-11-4-5-12(9)2/h4-5,8H,3,6-7,10H2,1-2H3. The molecule has 1 unspecified atom stereocenters. The van der Waals surface area contributed by atoms with Gasteiger partial charge in [-0.15, -0.1) is 0 Å². The largest absolute Gasteiger partial charge is 0.337 e. The second kappa shape index (κ2) is 5.29. The minimum atomic E-state index is 0.314. The number of hydrogen-bond acceptors (Lipinski definition) is 3. The molecule has 0 aliphatic rings. The van der Waals surface area contributed by atoms with E-state index in [4.69, 9.17) is 5.73 Å². The van der Waals surface area contributed by atoms with Crippen LogP contribution in [0.2, 0.25) is 0 Å². The first-order chi connectivity index (χ1) is 6.20. The van der Waals surface area contributed by atoms with Gasteiger partial charge in [-0.1, -0.05) is 0 Å². The fourth-order valence-corrected chi connectivity index (χ4v) is 2.11. The van der Waals surface area contributed by atoms with Gasteiger partial charge in [0.1, 0.15) is 5.82 Å². The van der Waals surface area contributed by atoms with Crippen LogP contribution in [0.25, 0.3) is 0 Å². The molecule has 1 aromatic heterocycles. The maximum absolute atomic E-state index is 5.65. The monoisotopic (exact) mass is 199 g/mol. The van der Waals surface area contributed by atoms with Crippen LogP contribution in [0.4, 0.5) is 0 Å². The minimum absolute atomic E-state index is 0.314. The molecule has 0 fully saturated rings. The van der Waals surface area contributed by atoms with Crippen molar-refractivity contribution >= 4 is 11.8 Å². The number of nitrogens with zero attached hydrogens (tertiary/aromatic N) is 2. The Hall–Kier alpha value is -0.480. The highest BCUT2D eigenvalue weighted by Gasteiger charge is 1.99. The van der Waals surface area contributed by atoms with Crippen LogP contribution >= 0.6 is 11.8 Å². The summed E-state index contributed by atoms with van der Waals surface area (Å²) < 4.78 is 2.05. The molecule has 0 aliphatic carbocycles. The molecule has 0 amide bonds. The molecule has 4 heteroatoms. The maximum atomic E-state index is 5.65. The molecule has 13 heavy (non-hydrogen) atoms. The van der Waals surface area contributed by atoms with Gasteiger partial charge in [-0.05, 0) is 19.1 Å². The predicted molar refractivity (Wildman–Crippen MR) is 57.6 cm³/mol. The van der Waals surface area contributed by atoms with E-state index in [1.165, 1.54) is 0 Å². The van der Waals surface area contributed by atoms with Gasteiger partial charge < -0.3 is 10.3 Å². The molecule has 0 saturated carbocycles. The Kier molecular flexibility index (Phi) is 4.32. The lowest BCUT2D eigenvalue weighted by Crippen LogP contribution is -2.15. The summed E-state index contributed by atoms with van der Waals surface area (Å²) >= 11 is 1.89. The molecule has 1 rings (SSSR count). The van der Waals surface area contributed by atoms with Crippen molar-refractivity contribution in [1.29, 1.82) is 0 Å². The fraction of sp³-hybridized carbons (Fsp3) is 0.667. The molecule has 0 aromatic carbocycles. The second-order valence-corrected chi connectivity index (χ2v) is 4.38. The molecule has 0 spiro atoms. The smallest absolute Gasteiger partial charge is 0.118 e. The Morgan fingerprint density at radius 2 is 2.46 bits per heavy atom. The topological polar surface area (TPSA) is 43.8 Å². The van der Waals surface area contributed by atoms with E-state index in [0.717, 1.165) is 23.8 Å². The van der Waals surface area contributed by atoms with Crippen LogP contribution in [0.1, 0.15) is 19.2 Å². The third-order valence-electron chi connectivity index (χ3n) is 1.87. The lowest BCUT2D eigenvalue weighted by Gasteiger charge is -2.04. The van der Waals surface area contributed by atoms with E-state index in [2.05, 4.69) is 9.55 Å². The first-order valence-corrected chi connectivity index (χ1v) is 5.65. The number of imidazole rings is 1. The summed E-state index contributed by atoms with van der Waals surface area (Å²) in [6.45, 7) is 2.04. The van der Waals surface area contributed by atoms with E-state index in [-0.39, 0.29) is 0 Å². The molecule has 2 N–H and O–H groups in total. The highest BCUT2D eigenvalue weighted by atomic mass is 32.2. The highest BCUT2D eigenvalue weighted by molar-refractivity contribution is 7.98. The van der Waals surface area contributed by atoms with E-state index in [1.807, 2.05) is 38.1 Å². The van der Waals surface area contributed by atoms with Crippen LogP contribution in [0.3, 0.4) is 0 Å². The van der Waals surface area contributed by atoms with Crippen LogP contribution in [-0.2, 0) is 12.8 Å². The fourth-order valence-electron chi connectivity index (χ4n) is 0.968. The van der Waals surface area contributed by atoms with E-state index in [1.54, 1.807) is 0 Å². The Bertz CT molecular complexity index is 245. The van der Waals surface area contributed by atoms with Gasteiger partial charge in [0.05, 0.1) is 5.75 Å². The summed E-state index contributed by atoms with van der Waals surface area (Å²) in [5.74, 6) is 3.23. The van der Waals surface area contributed by atoms with Gasteiger partial charge in [-0.25, -0.2) is 4.98 Å². The lowest BCUT2D eigenvalue weighted by atomic mass is 10.3. The average Bonchev–Trinajstić information content (AvgIpc) is 2.45. The van der Waals surface area contributed by atoms with Crippen LogP contribution in [0, 0.1) is 0 Å². The van der Waals surface area contributed by atoms with Crippen molar-refractivity contribution in [1.82, 2.24) is 9.55 Å². The summed E-state index contributed by atoms with van der Waals surface area (Å²) in [5, 5.41) is 0. The number of rotatable bonds is 5. The Morgan fingerprint density at radius 3 is 3.00 bits per heavy atom. The van der Waals surface area contributed by atoms with Gasteiger partial charge in [0, 0.05) is 25.5 Å². The number of aromatic nitrogens is 2. The summed E-state index contributed by atoms with van der Waals surface area (Å²) in [6.07, 6.45) is 4.89. The SMILES string of the molecule is CC(N)CCSCc1nccn1C. The van der Waals surface area contributed by atoms with Gasteiger partial charge in [0.2, 0.25) is 0 Å². The predicted octanol–water partition coefficient (Wildman–Crippen LogP) is 1.39. The number of hydrogen-bond donors (Lipinski definition) is 1. The minimum Gasteiger partial charge on any atom is -0.337 e.